The monoisotopic (exact) mass is 628 g/mol. The molecule has 5 atom stereocenters. The lowest BCUT2D eigenvalue weighted by Gasteiger charge is -2.63. The fraction of sp³-hybridized carbons (Fsp3) is 0.650. The van der Waals surface area contributed by atoms with Crippen LogP contribution < -0.4 is 5.32 Å². The summed E-state index contributed by atoms with van der Waals surface area (Å²) in [6.45, 7) is 19.7. The normalized spacial score (nSPS) is 30.1. The molecule has 1 fully saturated rings. The van der Waals surface area contributed by atoms with Gasteiger partial charge in [-0.15, -0.1) is 0 Å². The van der Waals surface area contributed by atoms with Crippen LogP contribution in [0.25, 0.3) is 0 Å². The summed E-state index contributed by atoms with van der Waals surface area (Å²) in [6.07, 6.45) is 10.8. The average Bonchev–Trinajstić information content (AvgIpc) is 2.98. The molecule has 0 aliphatic heterocycles. The molecule has 0 unspecified atom stereocenters. The van der Waals surface area contributed by atoms with Gasteiger partial charge in [0.15, 0.2) is 11.6 Å². The molecule has 0 spiro atoms. The second-order valence-corrected chi connectivity index (χ2v) is 16.9. The van der Waals surface area contributed by atoms with Crippen LogP contribution in [0.2, 0.25) is 0 Å². The molecular formula is C40H56N2O4. The molecule has 0 bridgehead atoms. The molecule has 4 rings (SSSR count). The first kappa shape index (κ1) is 35.7. The number of fused-ring (bicyclic) bond motifs is 3. The predicted octanol–water partition coefficient (Wildman–Crippen LogP) is 9.45. The van der Waals surface area contributed by atoms with Gasteiger partial charge in [-0.2, -0.15) is 5.26 Å². The van der Waals surface area contributed by atoms with Gasteiger partial charge < -0.3 is 10.1 Å². The minimum absolute atomic E-state index is 0.00573. The fourth-order valence-corrected chi connectivity index (χ4v) is 9.21. The molecule has 0 radical (unpaired) electrons. The van der Waals surface area contributed by atoms with Gasteiger partial charge in [0.05, 0.1) is 5.57 Å². The third kappa shape index (κ3) is 6.76. The van der Waals surface area contributed by atoms with Gasteiger partial charge in [0.1, 0.15) is 12.7 Å². The molecule has 0 saturated heterocycles. The van der Waals surface area contributed by atoms with E-state index in [-0.39, 0.29) is 45.9 Å². The second kappa shape index (κ2) is 12.8. The first-order valence-corrected chi connectivity index (χ1v) is 17.3. The molecule has 1 saturated carbocycles. The van der Waals surface area contributed by atoms with E-state index in [4.69, 9.17) is 4.74 Å². The Hall–Kier alpha value is -3.20. The Morgan fingerprint density at radius 1 is 1.02 bits per heavy atom. The molecule has 3 aliphatic rings. The molecule has 1 N–H and O–H groups in total. The van der Waals surface area contributed by atoms with Gasteiger partial charge in [-0.1, -0.05) is 104 Å². The van der Waals surface area contributed by atoms with Crippen molar-refractivity contribution in [2.45, 2.75) is 132 Å². The summed E-state index contributed by atoms with van der Waals surface area (Å²) in [7, 11) is 0. The first-order valence-electron chi connectivity index (χ1n) is 17.3. The number of alkyl carbamates (subject to hydrolysis) is 1. The van der Waals surface area contributed by atoms with Crippen LogP contribution in [0.1, 0.15) is 126 Å². The first-order chi connectivity index (χ1) is 21.3. The molecule has 3 aliphatic carbocycles. The number of Topliss-reactive ketones (excluding diaryl/α,β-unsaturated/α-hetero) is 1. The number of ether oxygens (including phenoxy) is 1. The summed E-state index contributed by atoms with van der Waals surface area (Å²) >= 11 is 0. The van der Waals surface area contributed by atoms with Crippen molar-refractivity contribution < 1.29 is 19.1 Å². The quantitative estimate of drug-likeness (QED) is 0.263. The number of carbonyl (C=O) groups is 3. The van der Waals surface area contributed by atoms with E-state index in [1.165, 1.54) is 0 Å². The van der Waals surface area contributed by atoms with Crippen LogP contribution in [0, 0.1) is 44.3 Å². The zero-order valence-electron chi connectivity index (χ0n) is 29.8. The number of nitriles is 1. The maximum Gasteiger partial charge on any atom is 0.407 e. The molecular weight excluding hydrogens is 572 g/mol. The lowest BCUT2D eigenvalue weighted by Crippen LogP contribution is -2.58. The zero-order chi connectivity index (χ0) is 34.2. The Morgan fingerprint density at radius 2 is 1.70 bits per heavy atom. The van der Waals surface area contributed by atoms with Gasteiger partial charge in [-0.25, -0.2) is 4.79 Å². The van der Waals surface area contributed by atoms with Gasteiger partial charge in [0.25, 0.3) is 0 Å². The van der Waals surface area contributed by atoms with Crippen LogP contribution in [0.5, 0.6) is 0 Å². The van der Waals surface area contributed by atoms with Crippen molar-refractivity contribution in [3.63, 3.8) is 0 Å². The second-order valence-electron chi connectivity index (χ2n) is 16.9. The van der Waals surface area contributed by atoms with Gasteiger partial charge in [0, 0.05) is 22.8 Å². The van der Waals surface area contributed by atoms with Crippen molar-refractivity contribution in [2.75, 3.05) is 0 Å². The number of carbonyl (C=O) groups excluding carboxylic acids is 3. The predicted molar refractivity (Wildman–Crippen MR) is 183 cm³/mol. The number of benzene rings is 1. The zero-order valence-corrected chi connectivity index (χ0v) is 29.8. The lowest BCUT2D eigenvalue weighted by molar-refractivity contribution is -0.133. The highest BCUT2D eigenvalue weighted by molar-refractivity contribution is 6.04. The van der Waals surface area contributed by atoms with Gasteiger partial charge >= 0.3 is 6.09 Å². The van der Waals surface area contributed by atoms with Gasteiger partial charge in [-0.3, -0.25) is 9.59 Å². The van der Waals surface area contributed by atoms with Crippen LogP contribution in [0.3, 0.4) is 0 Å². The Labute approximate surface area is 277 Å². The Morgan fingerprint density at radius 3 is 2.33 bits per heavy atom. The van der Waals surface area contributed by atoms with E-state index >= 15 is 0 Å². The third-order valence-electron chi connectivity index (χ3n) is 12.4. The van der Waals surface area contributed by atoms with E-state index in [9.17, 15) is 19.6 Å². The highest BCUT2D eigenvalue weighted by Crippen LogP contribution is 2.69. The van der Waals surface area contributed by atoms with Crippen molar-refractivity contribution in [3.8, 4) is 6.07 Å². The summed E-state index contributed by atoms with van der Waals surface area (Å²) in [4.78, 5) is 40.1. The number of allylic oxidation sites excluding steroid dienone is 4. The van der Waals surface area contributed by atoms with Crippen LogP contribution in [-0.2, 0) is 20.9 Å². The Kier molecular flexibility index (Phi) is 9.90. The average molecular weight is 629 g/mol. The number of nitrogens with zero attached hydrogens (tertiary/aromatic N) is 1. The van der Waals surface area contributed by atoms with Gasteiger partial charge in [0.2, 0.25) is 0 Å². The van der Waals surface area contributed by atoms with Gasteiger partial charge in [-0.05, 0) is 85.7 Å². The smallest absolute Gasteiger partial charge is 0.407 e. The maximum atomic E-state index is 13.6. The number of ketones is 2. The summed E-state index contributed by atoms with van der Waals surface area (Å²) in [5.41, 5.74) is -0.132. The van der Waals surface area contributed by atoms with Crippen LogP contribution in [0.15, 0.2) is 53.6 Å². The summed E-state index contributed by atoms with van der Waals surface area (Å²) in [5, 5.41) is 13.2. The van der Waals surface area contributed by atoms with Crippen LogP contribution >= 0.6 is 0 Å². The van der Waals surface area contributed by atoms with Crippen molar-refractivity contribution in [1.29, 1.82) is 5.26 Å². The van der Waals surface area contributed by atoms with E-state index < -0.39 is 22.5 Å². The molecule has 1 aromatic carbocycles. The fourth-order valence-electron chi connectivity index (χ4n) is 9.21. The standard InChI is InChI=1S/C40H56N2O4/c1-10-17-35(2,3)19-21-38(7,42-34(45)46-27-28-14-12-11-13-15-28)22-20-37(6)25-30(43)23-32-39(8)24-29(26-41)33(44)36(4,5)31(39)16-18-40(32,37)9/h11-15,23-24,31H,10,16-22,25,27H2,1-9H3,(H,42,45)/t31-,37+,38-,39-,40+/m0/s1. The number of hydrogen-bond acceptors (Lipinski definition) is 5. The highest BCUT2D eigenvalue weighted by Gasteiger charge is 2.63. The maximum absolute atomic E-state index is 13.6. The summed E-state index contributed by atoms with van der Waals surface area (Å²) in [5.74, 6) is 0.00392. The van der Waals surface area contributed by atoms with Crippen LogP contribution in [0.4, 0.5) is 4.79 Å². The van der Waals surface area contributed by atoms with E-state index in [0.717, 1.165) is 56.1 Å². The number of rotatable bonds is 11. The number of amides is 1. The molecule has 0 aromatic heterocycles. The Balaban J connectivity index is 1.62. The van der Waals surface area contributed by atoms with E-state index in [1.54, 1.807) is 0 Å². The van der Waals surface area contributed by atoms with Crippen molar-refractivity contribution in [1.82, 2.24) is 5.32 Å². The minimum Gasteiger partial charge on any atom is -0.445 e. The van der Waals surface area contributed by atoms with Crippen molar-refractivity contribution >= 4 is 17.7 Å². The molecule has 6 heteroatoms. The topological polar surface area (TPSA) is 96.3 Å². The lowest BCUT2D eigenvalue weighted by atomic mass is 9.40. The summed E-state index contributed by atoms with van der Waals surface area (Å²) in [6, 6.07) is 11.9. The minimum atomic E-state index is -0.693. The highest BCUT2D eigenvalue weighted by atomic mass is 16.5. The molecule has 1 amide bonds. The number of hydrogen-bond donors (Lipinski definition) is 1. The summed E-state index contributed by atoms with van der Waals surface area (Å²) < 4.78 is 5.69. The third-order valence-corrected chi connectivity index (χ3v) is 12.4. The molecule has 46 heavy (non-hydrogen) atoms. The largest absolute Gasteiger partial charge is 0.445 e. The molecule has 1 aromatic rings. The van der Waals surface area contributed by atoms with E-state index in [1.807, 2.05) is 56.3 Å². The van der Waals surface area contributed by atoms with Crippen molar-refractivity contribution in [2.24, 2.45) is 33.0 Å². The molecule has 0 heterocycles. The van der Waals surface area contributed by atoms with E-state index in [0.29, 0.717) is 12.8 Å². The molecule has 250 valence electrons. The Bertz CT molecular complexity index is 1450. The van der Waals surface area contributed by atoms with Crippen molar-refractivity contribution in [3.05, 3.63) is 59.2 Å². The SMILES string of the molecule is CCCC(C)(C)CC[C@@](C)(CC[C@]1(C)CC(=O)C=C2[C@@]3(C)C=C(C#N)C(=O)C(C)(C)[C@@H]3CC[C@]21C)NC(=O)OCc1ccccc1. The van der Waals surface area contributed by atoms with Crippen LogP contribution in [-0.4, -0.2) is 23.2 Å². The van der Waals surface area contributed by atoms with E-state index in [2.05, 4.69) is 59.9 Å². The number of nitrogens with one attached hydrogen (secondary N) is 1. The molecule has 6 nitrogen and oxygen atoms in total.